The van der Waals surface area contributed by atoms with Crippen LogP contribution in [0.25, 0.3) is 0 Å². The standard InChI is InChI=1S/C13H18O/c1-9(2)12-7-10-5-4-6-11(10)8-13(12)14-3/h7-9H,4-6H2,1-3H3. The minimum absolute atomic E-state index is 0.552. The Kier molecular flexibility index (Phi) is 2.49. The van der Waals surface area contributed by atoms with Gasteiger partial charge < -0.3 is 4.74 Å². The van der Waals surface area contributed by atoms with Crippen LogP contribution in [0.1, 0.15) is 42.9 Å². The first-order valence-corrected chi connectivity index (χ1v) is 5.42. The molecule has 0 spiro atoms. The van der Waals surface area contributed by atoms with Crippen LogP contribution >= 0.6 is 0 Å². The van der Waals surface area contributed by atoms with Gasteiger partial charge in [0.05, 0.1) is 7.11 Å². The van der Waals surface area contributed by atoms with Crippen molar-refractivity contribution in [1.29, 1.82) is 0 Å². The van der Waals surface area contributed by atoms with E-state index in [9.17, 15) is 0 Å². The van der Waals surface area contributed by atoms with E-state index in [-0.39, 0.29) is 0 Å². The number of methoxy groups -OCH3 is 1. The topological polar surface area (TPSA) is 9.23 Å². The Balaban J connectivity index is 2.49. The number of rotatable bonds is 2. The summed E-state index contributed by atoms with van der Waals surface area (Å²) in [6, 6.07) is 4.57. The van der Waals surface area contributed by atoms with Gasteiger partial charge in [-0.05, 0) is 47.9 Å². The molecule has 2 rings (SSSR count). The zero-order chi connectivity index (χ0) is 10.1. The Bertz CT molecular complexity index is 339. The van der Waals surface area contributed by atoms with Crippen molar-refractivity contribution in [1.82, 2.24) is 0 Å². The molecule has 1 aromatic carbocycles. The molecular formula is C13H18O. The van der Waals surface area contributed by atoms with Gasteiger partial charge in [0, 0.05) is 0 Å². The summed E-state index contributed by atoms with van der Waals surface area (Å²) in [6.07, 6.45) is 3.78. The summed E-state index contributed by atoms with van der Waals surface area (Å²) in [5.74, 6) is 1.62. The molecule has 76 valence electrons. The molecule has 0 aromatic heterocycles. The van der Waals surface area contributed by atoms with E-state index in [2.05, 4.69) is 26.0 Å². The minimum atomic E-state index is 0.552. The Morgan fingerprint density at radius 1 is 1.14 bits per heavy atom. The van der Waals surface area contributed by atoms with Crippen molar-refractivity contribution in [2.45, 2.75) is 39.0 Å². The molecule has 1 aliphatic rings. The van der Waals surface area contributed by atoms with Crippen LogP contribution in [0, 0.1) is 0 Å². The number of hydrogen-bond donors (Lipinski definition) is 0. The number of benzene rings is 1. The molecular weight excluding hydrogens is 172 g/mol. The molecule has 14 heavy (non-hydrogen) atoms. The molecule has 0 radical (unpaired) electrons. The third-order valence-electron chi connectivity index (χ3n) is 3.07. The van der Waals surface area contributed by atoms with E-state index >= 15 is 0 Å². The van der Waals surface area contributed by atoms with Crippen molar-refractivity contribution in [2.24, 2.45) is 0 Å². The van der Waals surface area contributed by atoms with Crippen molar-refractivity contribution in [2.75, 3.05) is 7.11 Å². The molecule has 0 atom stereocenters. The molecule has 1 aromatic rings. The molecule has 1 nitrogen and oxygen atoms in total. The van der Waals surface area contributed by atoms with Crippen molar-refractivity contribution >= 4 is 0 Å². The SMILES string of the molecule is COc1cc2c(cc1C(C)C)CCC2. The zero-order valence-corrected chi connectivity index (χ0v) is 9.26. The summed E-state index contributed by atoms with van der Waals surface area (Å²) in [4.78, 5) is 0. The van der Waals surface area contributed by atoms with Crippen LogP contribution in [-0.4, -0.2) is 7.11 Å². The molecule has 0 unspecified atom stereocenters. The van der Waals surface area contributed by atoms with Gasteiger partial charge in [0.1, 0.15) is 5.75 Å². The van der Waals surface area contributed by atoms with Crippen molar-refractivity contribution in [3.63, 3.8) is 0 Å². The second kappa shape index (κ2) is 3.64. The maximum atomic E-state index is 5.43. The monoisotopic (exact) mass is 190 g/mol. The summed E-state index contributed by atoms with van der Waals surface area (Å²) in [5, 5.41) is 0. The van der Waals surface area contributed by atoms with Gasteiger partial charge in [0.15, 0.2) is 0 Å². The predicted octanol–water partition coefficient (Wildman–Crippen LogP) is 3.31. The highest BCUT2D eigenvalue weighted by Gasteiger charge is 2.16. The third-order valence-corrected chi connectivity index (χ3v) is 3.07. The molecule has 0 heterocycles. The van der Waals surface area contributed by atoms with Gasteiger partial charge in [-0.1, -0.05) is 19.9 Å². The maximum absolute atomic E-state index is 5.43. The summed E-state index contributed by atoms with van der Waals surface area (Å²) in [7, 11) is 1.77. The summed E-state index contributed by atoms with van der Waals surface area (Å²) >= 11 is 0. The van der Waals surface area contributed by atoms with Gasteiger partial charge in [-0.2, -0.15) is 0 Å². The van der Waals surface area contributed by atoms with Crippen LogP contribution < -0.4 is 4.74 Å². The van der Waals surface area contributed by atoms with Gasteiger partial charge in [-0.3, -0.25) is 0 Å². The van der Waals surface area contributed by atoms with Crippen LogP contribution in [0.3, 0.4) is 0 Å². The highest BCUT2D eigenvalue weighted by atomic mass is 16.5. The fourth-order valence-electron chi connectivity index (χ4n) is 2.25. The summed E-state index contributed by atoms with van der Waals surface area (Å²) in [6.45, 7) is 4.44. The molecule has 0 bridgehead atoms. The van der Waals surface area contributed by atoms with Crippen molar-refractivity contribution in [3.05, 3.63) is 28.8 Å². The van der Waals surface area contributed by atoms with Gasteiger partial charge in [0.2, 0.25) is 0 Å². The van der Waals surface area contributed by atoms with Crippen LogP contribution in [0.4, 0.5) is 0 Å². The van der Waals surface area contributed by atoms with E-state index in [1.165, 1.54) is 36.0 Å². The molecule has 0 fully saturated rings. The first-order chi connectivity index (χ1) is 6.72. The number of hydrogen-bond acceptors (Lipinski definition) is 1. The van der Waals surface area contributed by atoms with E-state index in [1.54, 1.807) is 7.11 Å². The first kappa shape index (κ1) is 9.57. The Labute approximate surface area is 86.1 Å². The van der Waals surface area contributed by atoms with E-state index in [4.69, 9.17) is 4.74 Å². The van der Waals surface area contributed by atoms with Crippen LogP contribution in [0.2, 0.25) is 0 Å². The second-order valence-corrected chi connectivity index (χ2v) is 4.37. The fraction of sp³-hybridized carbons (Fsp3) is 0.538. The van der Waals surface area contributed by atoms with Gasteiger partial charge >= 0.3 is 0 Å². The molecule has 0 amide bonds. The molecule has 0 saturated heterocycles. The van der Waals surface area contributed by atoms with Gasteiger partial charge in [-0.15, -0.1) is 0 Å². The lowest BCUT2D eigenvalue weighted by molar-refractivity contribution is 0.407. The number of ether oxygens (including phenoxy) is 1. The minimum Gasteiger partial charge on any atom is -0.496 e. The van der Waals surface area contributed by atoms with Crippen LogP contribution in [0.5, 0.6) is 5.75 Å². The van der Waals surface area contributed by atoms with Crippen molar-refractivity contribution < 1.29 is 4.74 Å². The molecule has 1 heteroatoms. The Morgan fingerprint density at radius 3 is 2.36 bits per heavy atom. The Hall–Kier alpha value is -0.980. The second-order valence-electron chi connectivity index (χ2n) is 4.37. The van der Waals surface area contributed by atoms with E-state index in [1.807, 2.05) is 0 Å². The zero-order valence-electron chi connectivity index (χ0n) is 9.26. The highest BCUT2D eigenvalue weighted by molar-refractivity contribution is 5.46. The highest BCUT2D eigenvalue weighted by Crippen LogP contribution is 2.33. The lowest BCUT2D eigenvalue weighted by Gasteiger charge is -2.14. The van der Waals surface area contributed by atoms with Crippen LogP contribution in [0.15, 0.2) is 12.1 Å². The van der Waals surface area contributed by atoms with Gasteiger partial charge in [0.25, 0.3) is 0 Å². The normalized spacial score (nSPS) is 14.6. The van der Waals surface area contributed by atoms with E-state index in [0.29, 0.717) is 5.92 Å². The molecule has 0 aliphatic heterocycles. The first-order valence-electron chi connectivity index (χ1n) is 5.42. The number of fused-ring (bicyclic) bond motifs is 1. The smallest absolute Gasteiger partial charge is 0.122 e. The Morgan fingerprint density at radius 2 is 1.79 bits per heavy atom. The maximum Gasteiger partial charge on any atom is 0.122 e. The average molecular weight is 190 g/mol. The van der Waals surface area contributed by atoms with E-state index in [0.717, 1.165) is 5.75 Å². The third kappa shape index (κ3) is 1.52. The van der Waals surface area contributed by atoms with Gasteiger partial charge in [-0.25, -0.2) is 0 Å². The molecule has 1 aliphatic carbocycles. The molecule has 0 saturated carbocycles. The lowest BCUT2D eigenvalue weighted by Crippen LogP contribution is -1.97. The average Bonchev–Trinajstić information content (AvgIpc) is 2.62. The van der Waals surface area contributed by atoms with Crippen molar-refractivity contribution in [3.8, 4) is 5.75 Å². The fourth-order valence-corrected chi connectivity index (χ4v) is 2.25. The number of aryl methyl sites for hydroxylation is 2. The molecule has 0 N–H and O–H groups in total. The lowest BCUT2D eigenvalue weighted by atomic mass is 9.97. The summed E-state index contributed by atoms with van der Waals surface area (Å²) < 4.78 is 5.43. The summed E-state index contributed by atoms with van der Waals surface area (Å²) in [5.41, 5.74) is 4.38. The quantitative estimate of drug-likeness (QED) is 0.695. The van der Waals surface area contributed by atoms with E-state index < -0.39 is 0 Å². The predicted molar refractivity (Wildman–Crippen MR) is 59.1 cm³/mol. The largest absolute Gasteiger partial charge is 0.496 e. The van der Waals surface area contributed by atoms with Crippen LogP contribution in [-0.2, 0) is 12.8 Å².